The fourth-order valence-corrected chi connectivity index (χ4v) is 12.0. The summed E-state index contributed by atoms with van der Waals surface area (Å²) in [7, 11) is 7.99. The van der Waals surface area contributed by atoms with E-state index >= 15 is 0 Å². The molecule has 0 aliphatic carbocycles. The van der Waals surface area contributed by atoms with E-state index in [2.05, 4.69) is 101 Å². The number of piperidine rings is 3. The van der Waals surface area contributed by atoms with Crippen molar-refractivity contribution in [3.05, 3.63) is 59.7 Å². The standard InChI is InChI=1S/C16H23NOS.C15H21NOS.C8H14ClN.ClH/c1-17-13-5-6-14(17)10-16(9-13)19-11-12-3-7-15(18-2)8-4-12;1-17-14-6-2-11(3-7-14)10-18-15-8-12-4-5-13(9-15)16-12;1-10-7-2-3-8(10)5-6(9)4-7;/h3-4,7-8,13-14,16H,5-6,9-11H2,1-2H3;2-3,6-7,12-13,15-16H,4-5,8-10H2,1H3;6-8H,2-5H2,1H3;1H. The lowest BCUT2D eigenvalue weighted by molar-refractivity contribution is 0.181. The lowest BCUT2D eigenvalue weighted by Crippen LogP contribution is -2.40. The van der Waals surface area contributed by atoms with Crippen molar-refractivity contribution in [2.45, 2.75) is 141 Å². The number of nitrogens with one attached hydrogen (secondary N) is 1. The maximum Gasteiger partial charge on any atom is 0.118 e. The van der Waals surface area contributed by atoms with Crippen LogP contribution in [0.3, 0.4) is 0 Å². The number of rotatable bonds is 8. The molecule has 6 heterocycles. The minimum absolute atomic E-state index is 0. The van der Waals surface area contributed by atoms with Crippen molar-refractivity contribution >= 4 is 47.5 Å². The van der Waals surface area contributed by atoms with Gasteiger partial charge in [-0.3, -0.25) is 0 Å². The highest BCUT2D eigenvalue weighted by Crippen LogP contribution is 2.40. The maximum absolute atomic E-state index is 6.08. The Kier molecular flexibility index (Phi) is 14.9. The van der Waals surface area contributed by atoms with Crippen LogP contribution in [0.1, 0.15) is 88.2 Å². The minimum atomic E-state index is 0. The van der Waals surface area contributed by atoms with Gasteiger partial charge in [0.1, 0.15) is 11.5 Å². The fraction of sp³-hybridized carbons (Fsp3) is 0.692. The van der Waals surface area contributed by atoms with Crippen molar-refractivity contribution in [2.24, 2.45) is 0 Å². The van der Waals surface area contributed by atoms with Crippen LogP contribution < -0.4 is 14.8 Å². The van der Waals surface area contributed by atoms with Gasteiger partial charge in [-0.2, -0.15) is 23.5 Å². The molecule has 6 bridgehead atoms. The molecule has 2 aromatic rings. The molecule has 48 heavy (non-hydrogen) atoms. The van der Waals surface area contributed by atoms with E-state index in [1.165, 1.54) is 88.2 Å². The number of alkyl halides is 1. The van der Waals surface area contributed by atoms with Crippen LogP contribution in [0, 0.1) is 0 Å². The molecule has 2 aromatic carbocycles. The summed E-state index contributed by atoms with van der Waals surface area (Å²) in [4.78, 5) is 5.13. The van der Waals surface area contributed by atoms with Crippen molar-refractivity contribution < 1.29 is 9.47 Å². The smallest absolute Gasteiger partial charge is 0.118 e. The van der Waals surface area contributed by atoms with Gasteiger partial charge in [0.05, 0.1) is 14.2 Å². The van der Waals surface area contributed by atoms with Gasteiger partial charge in [0.2, 0.25) is 0 Å². The van der Waals surface area contributed by atoms with Gasteiger partial charge in [0.25, 0.3) is 0 Å². The van der Waals surface area contributed by atoms with Gasteiger partial charge >= 0.3 is 0 Å². The Balaban J connectivity index is 0.000000146. The number of benzene rings is 2. The first kappa shape index (κ1) is 38.4. The number of hydrogen-bond donors (Lipinski definition) is 1. The van der Waals surface area contributed by atoms with Crippen LogP contribution >= 0.6 is 47.5 Å². The molecule has 5 nitrogen and oxygen atoms in total. The summed E-state index contributed by atoms with van der Waals surface area (Å²) < 4.78 is 10.4. The Labute approximate surface area is 310 Å². The van der Waals surface area contributed by atoms with Gasteiger partial charge in [-0.15, -0.1) is 24.0 Å². The second-order valence-corrected chi connectivity index (χ2v) is 18.0. The zero-order chi connectivity index (χ0) is 32.8. The third-order valence-corrected chi connectivity index (χ3v) is 14.9. The molecule has 268 valence electrons. The Morgan fingerprint density at radius 1 is 0.604 bits per heavy atom. The second-order valence-electron chi connectivity index (χ2n) is 14.8. The molecular formula is C39H59Cl2N3O2S2. The quantitative estimate of drug-likeness (QED) is 0.271. The van der Waals surface area contributed by atoms with E-state index in [9.17, 15) is 0 Å². The molecule has 0 saturated carbocycles. The highest BCUT2D eigenvalue weighted by Gasteiger charge is 2.39. The molecule has 6 fully saturated rings. The normalized spacial score (nSPS) is 33.5. The molecule has 8 rings (SSSR count). The average Bonchev–Trinajstić information content (AvgIpc) is 3.60. The fourth-order valence-electron chi connectivity index (χ4n) is 8.86. The average molecular weight is 737 g/mol. The van der Waals surface area contributed by atoms with Crippen LogP contribution in [0.25, 0.3) is 0 Å². The lowest BCUT2D eigenvalue weighted by Gasteiger charge is -2.36. The largest absolute Gasteiger partial charge is 0.497 e. The highest BCUT2D eigenvalue weighted by atomic mass is 35.5. The van der Waals surface area contributed by atoms with E-state index in [1.54, 1.807) is 14.2 Å². The SMILES string of the molecule is CN1C2CCC1CC(Cl)C2.COc1ccc(CSC2CC3CCC(C2)N3)cc1.COc1ccc(CSC2CC3CCC(C2)N3C)cc1.Cl. The third kappa shape index (κ3) is 10.4. The first-order chi connectivity index (χ1) is 22.9. The molecule has 0 aromatic heterocycles. The number of thioether (sulfide) groups is 2. The molecule has 0 spiro atoms. The number of fused-ring (bicyclic) bond motifs is 6. The monoisotopic (exact) mass is 735 g/mol. The second kappa shape index (κ2) is 18.6. The molecule has 9 heteroatoms. The molecular weight excluding hydrogens is 677 g/mol. The van der Waals surface area contributed by atoms with Crippen molar-refractivity contribution in [3.8, 4) is 11.5 Å². The van der Waals surface area contributed by atoms with E-state index in [-0.39, 0.29) is 12.4 Å². The minimum Gasteiger partial charge on any atom is -0.497 e. The van der Waals surface area contributed by atoms with E-state index in [0.717, 1.165) is 69.8 Å². The van der Waals surface area contributed by atoms with Gasteiger partial charge in [-0.05, 0) is 127 Å². The Bertz CT molecular complexity index is 1200. The summed E-state index contributed by atoms with van der Waals surface area (Å²) in [5.74, 6) is 4.17. The molecule has 6 unspecified atom stereocenters. The van der Waals surface area contributed by atoms with Gasteiger partial charge in [0, 0.05) is 63.6 Å². The van der Waals surface area contributed by atoms with Gasteiger partial charge in [-0.25, -0.2) is 0 Å². The summed E-state index contributed by atoms with van der Waals surface area (Å²) in [6.07, 6.45) is 16.3. The van der Waals surface area contributed by atoms with Crippen LogP contribution in [0.5, 0.6) is 11.5 Å². The van der Waals surface area contributed by atoms with E-state index in [0.29, 0.717) is 5.38 Å². The highest BCUT2D eigenvalue weighted by molar-refractivity contribution is 7.99. The van der Waals surface area contributed by atoms with Crippen molar-refractivity contribution in [3.63, 3.8) is 0 Å². The maximum atomic E-state index is 6.08. The van der Waals surface area contributed by atoms with E-state index < -0.39 is 0 Å². The van der Waals surface area contributed by atoms with Gasteiger partial charge < -0.3 is 24.6 Å². The van der Waals surface area contributed by atoms with Crippen LogP contribution in [0.4, 0.5) is 0 Å². The van der Waals surface area contributed by atoms with Crippen molar-refractivity contribution in [2.75, 3.05) is 28.3 Å². The van der Waals surface area contributed by atoms with Crippen molar-refractivity contribution in [1.82, 2.24) is 15.1 Å². The predicted molar refractivity (Wildman–Crippen MR) is 210 cm³/mol. The predicted octanol–water partition coefficient (Wildman–Crippen LogP) is 9.04. The number of methoxy groups -OCH3 is 2. The van der Waals surface area contributed by atoms with Gasteiger partial charge in [0.15, 0.2) is 0 Å². The van der Waals surface area contributed by atoms with Crippen LogP contribution in [0.2, 0.25) is 0 Å². The Hall–Kier alpha value is -0.800. The molecule has 0 radical (unpaired) electrons. The summed E-state index contributed by atoms with van der Waals surface area (Å²) >= 11 is 10.4. The topological polar surface area (TPSA) is 37.0 Å². The van der Waals surface area contributed by atoms with Crippen molar-refractivity contribution in [1.29, 1.82) is 0 Å². The van der Waals surface area contributed by atoms with Crippen LogP contribution in [-0.2, 0) is 11.5 Å². The molecule has 6 aliphatic heterocycles. The first-order valence-corrected chi connectivity index (χ1v) is 20.7. The third-order valence-electron chi connectivity index (χ3n) is 11.8. The van der Waals surface area contributed by atoms with E-state index in [4.69, 9.17) is 21.1 Å². The summed E-state index contributed by atoms with van der Waals surface area (Å²) in [6, 6.07) is 21.9. The molecule has 6 saturated heterocycles. The number of nitrogens with zero attached hydrogens (tertiary/aromatic N) is 2. The molecule has 6 atom stereocenters. The zero-order valence-electron chi connectivity index (χ0n) is 29.5. The number of ether oxygens (including phenoxy) is 2. The van der Waals surface area contributed by atoms with Gasteiger partial charge in [-0.1, -0.05) is 24.3 Å². The lowest BCUT2D eigenvalue weighted by atomic mass is 10.0. The summed E-state index contributed by atoms with van der Waals surface area (Å²) in [6.45, 7) is 0. The van der Waals surface area contributed by atoms with Crippen LogP contribution in [0.15, 0.2) is 48.5 Å². The number of halogens is 2. The molecule has 0 amide bonds. The Morgan fingerprint density at radius 2 is 0.979 bits per heavy atom. The zero-order valence-corrected chi connectivity index (χ0v) is 32.7. The summed E-state index contributed by atoms with van der Waals surface area (Å²) in [5.41, 5.74) is 2.82. The van der Waals surface area contributed by atoms with Crippen LogP contribution in [-0.4, -0.2) is 90.2 Å². The Morgan fingerprint density at radius 3 is 1.38 bits per heavy atom. The first-order valence-electron chi connectivity index (χ1n) is 18.2. The molecule has 1 N–H and O–H groups in total. The van der Waals surface area contributed by atoms with E-state index in [1.807, 2.05) is 0 Å². The molecule has 6 aliphatic rings. The summed E-state index contributed by atoms with van der Waals surface area (Å²) in [5, 5.41) is 5.88. The number of hydrogen-bond acceptors (Lipinski definition) is 7.